The van der Waals surface area contributed by atoms with Crippen LogP contribution in [0.2, 0.25) is 0 Å². The summed E-state index contributed by atoms with van der Waals surface area (Å²) >= 11 is 0. The van der Waals surface area contributed by atoms with E-state index in [1.54, 1.807) is 24.3 Å². The number of Topliss-reactive ketones (excluding diaryl/α,β-unsaturated/α-hetero) is 1. The third-order valence-corrected chi connectivity index (χ3v) is 5.94. The van der Waals surface area contributed by atoms with Gasteiger partial charge >= 0.3 is 0 Å². The van der Waals surface area contributed by atoms with Crippen LogP contribution in [0.1, 0.15) is 34.3 Å². The van der Waals surface area contributed by atoms with Crippen LogP contribution in [-0.4, -0.2) is 43.6 Å². The number of carbonyl (C=O) groups excluding carboxylic acids is 1. The number of ether oxygens (including phenoxy) is 5. The van der Waals surface area contributed by atoms with Crippen molar-refractivity contribution in [3.05, 3.63) is 53.1 Å². The van der Waals surface area contributed by atoms with Crippen molar-refractivity contribution in [2.45, 2.75) is 37.8 Å². The van der Waals surface area contributed by atoms with Crippen LogP contribution in [0, 0.1) is 0 Å². The molecule has 0 amide bonds. The van der Waals surface area contributed by atoms with Gasteiger partial charge in [-0.05, 0) is 30.7 Å². The van der Waals surface area contributed by atoms with E-state index >= 15 is 0 Å². The Morgan fingerprint density at radius 2 is 1.83 bits per heavy atom. The van der Waals surface area contributed by atoms with E-state index in [1.807, 2.05) is 6.92 Å². The van der Waals surface area contributed by atoms with E-state index in [9.17, 15) is 9.90 Å². The summed E-state index contributed by atoms with van der Waals surface area (Å²) in [6, 6.07) is 6.84. The first-order chi connectivity index (χ1) is 14.4. The Balaban J connectivity index is 1.61. The number of hydrogen-bond acceptors (Lipinski definition) is 7. The van der Waals surface area contributed by atoms with E-state index in [2.05, 4.69) is 6.58 Å². The summed E-state index contributed by atoms with van der Waals surface area (Å²) in [6.45, 7) is 5.87. The molecule has 2 aromatic carbocycles. The fourth-order valence-corrected chi connectivity index (χ4v) is 4.38. The van der Waals surface area contributed by atoms with Crippen molar-refractivity contribution in [1.29, 1.82) is 0 Å². The molecule has 0 aliphatic carbocycles. The minimum atomic E-state index is -1.31. The zero-order valence-corrected chi connectivity index (χ0v) is 16.9. The van der Waals surface area contributed by atoms with E-state index in [0.717, 1.165) is 11.1 Å². The molecular weight excluding hydrogens is 388 g/mol. The molecule has 7 nitrogen and oxygen atoms in total. The lowest BCUT2D eigenvalue weighted by Gasteiger charge is -2.40. The molecule has 156 valence electrons. The van der Waals surface area contributed by atoms with Crippen molar-refractivity contribution in [3.63, 3.8) is 0 Å². The average molecular weight is 410 g/mol. The highest BCUT2D eigenvalue weighted by Gasteiger charge is 2.49. The quantitative estimate of drug-likeness (QED) is 0.779. The molecule has 0 radical (unpaired) electrons. The van der Waals surface area contributed by atoms with Crippen molar-refractivity contribution in [2.24, 2.45) is 0 Å². The third-order valence-electron chi connectivity index (χ3n) is 5.94. The largest absolute Gasteiger partial charge is 0.493 e. The topological polar surface area (TPSA) is 83.5 Å². The maximum Gasteiger partial charge on any atom is 0.235 e. The highest BCUT2D eigenvalue weighted by Crippen LogP contribution is 2.50. The summed E-state index contributed by atoms with van der Waals surface area (Å²) in [7, 11) is 3.04. The van der Waals surface area contributed by atoms with Gasteiger partial charge in [0.05, 0.1) is 25.7 Å². The van der Waals surface area contributed by atoms with Gasteiger partial charge in [-0.3, -0.25) is 4.79 Å². The van der Waals surface area contributed by atoms with E-state index in [4.69, 9.17) is 23.7 Å². The Labute approximate surface area is 173 Å². The molecule has 4 unspecified atom stereocenters. The number of carbonyl (C=O) groups is 1. The van der Waals surface area contributed by atoms with Crippen LogP contribution >= 0.6 is 0 Å². The molecule has 0 aromatic heterocycles. The van der Waals surface area contributed by atoms with Crippen LogP contribution in [0.5, 0.6) is 28.7 Å². The summed E-state index contributed by atoms with van der Waals surface area (Å²) in [4.78, 5) is 13.6. The fraction of sp³-hybridized carbons (Fsp3) is 0.348. The zero-order chi connectivity index (χ0) is 21.2. The second kappa shape index (κ2) is 6.67. The Morgan fingerprint density at radius 3 is 2.53 bits per heavy atom. The van der Waals surface area contributed by atoms with Gasteiger partial charge in [-0.1, -0.05) is 6.58 Å². The number of ketones is 1. The molecule has 4 atom stereocenters. The standard InChI is InChI=1S/C23H22O7/c1-10(2)15-8-13-14(28-15)6-5-11-20(24)19-12-7-17(26-3)18(27-4)9-16(12)29-23(25)22(19)30-21(11)13/h5-7,9,15,19,22-23,25H,1,8H2,2-4H3. The molecule has 2 aromatic rings. The molecule has 0 saturated heterocycles. The second-order valence-corrected chi connectivity index (χ2v) is 7.75. The molecular formula is C23H22O7. The maximum absolute atomic E-state index is 13.6. The first-order valence-electron chi connectivity index (χ1n) is 9.72. The number of fused-ring (bicyclic) bond motifs is 6. The van der Waals surface area contributed by atoms with Crippen LogP contribution in [0.15, 0.2) is 36.4 Å². The lowest BCUT2D eigenvalue weighted by Crippen LogP contribution is -2.49. The highest BCUT2D eigenvalue weighted by atomic mass is 16.6. The summed E-state index contributed by atoms with van der Waals surface area (Å²) in [5.74, 6) is 1.55. The van der Waals surface area contributed by atoms with Crippen molar-refractivity contribution < 1.29 is 33.6 Å². The number of methoxy groups -OCH3 is 2. The van der Waals surface area contributed by atoms with Gasteiger partial charge in [-0.15, -0.1) is 0 Å². The van der Waals surface area contributed by atoms with E-state index in [0.29, 0.717) is 46.3 Å². The van der Waals surface area contributed by atoms with E-state index in [1.165, 1.54) is 14.2 Å². The van der Waals surface area contributed by atoms with Gasteiger partial charge in [0.2, 0.25) is 6.29 Å². The van der Waals surface area contributed by atoms with Crippen LogP contribution in [0.25, 0.3) is 0 Å². The van der Waals surface area contributed by atoms with Crippen molar-refractivity contribution in [1.82, 2.24) is 0 Å². The molecule has 0 fully saturated rings. The van der Waals surface area contributed by atoms with Gasteiger partial charge in [0.25, 0.3) is 0 Å². The van der Waals surface area contributed by atoms with Gasteiger partial charge in [-0.25, -0.2) is 0 Å². The monoisotopic (exact) mass is 410 g/mol. The second-order valence-electron chi connectivity index (χ2n) is 7.75. The molecule has 30 heavy (non-hydrogen) atoms. The minimum Gasteiger partial charge on any atom is -0.493 e. The summed E-state index contributed by atoms with van der Waals surface area (Å²) in [5, 5.41) is 10.7. The number of rotatable bonds is 3. The maximum atomic E-state index is 13.6. The van der Waals surface area contributed by atoms with Crippen LogP contribution in [-0.2, 0) is 6.42 Å². The van der Waals surface area contributed by atoms with Crippen molar-refractivity contribution >= 4 is 5.78 Å². The number of hydrogen-bond donors (Lipinski definition) is 1. The summed E-state index contributed by atoms with van der Waals surface area (Å²) < 4.78 is 28.5. The number of aliphatic hydroxyl groups is 1. The lowest BCUT2D eigenvalue weighted by atomic mass is 9.80. The Bertz CT molecular complexity index is 1070. The Morgan fingerprint density at radius 1 is 1.10 bits per heavy atom. The Hall–Kier alpha value is -3.19. The van der Waals surface area contributed by atoms with E-state index in [-0.39, 0.29) is 11.9 Å². The van der Waals surface area contributed by atoms with Crippen LogP contribution < -0.4 is 23.7 Å². The molecule has 3 heterocycles. The van der Waals surface area contributed by atoms with Gasteiger partial charge in [0.15, 0.2) is 23.4 Å². The Kier molecular flexibility index (Phi) is 4.18. The molecule has 1 N–H and O–H groups in total. The molecule has 0 saturated carbocycles. The van der Waals surface area contributed by atoms with Crippen molar-refractivity contribution in [3.8, 4) is 28.7 Å². The third kappa shape index (κ3) is 2.58. The van der Waals surface area contributed by atoms with E-state index < -0.39 is 18.3 Å². The summed E-state index contributed by atoms with van der Waals surface area (Å²) in [6.07, 6.45) is -1.79. The van der Waals surface area contributed by atoms with Gasteiger partial charge in [-0.2, -0.15) is 0 Å². The molecule has 3 aliphatic heterocycles. The first-order valence-corrected chi connectivity index (χ1v) is 9.72. The first kappa shape index (κ1) is 18.8. The normalized spacial score (nSPS) is 25.5. The molecule has 0 spiro atoms. The summed E-state index contributed by atoms with van der Waals surface area (Å²) in [5.41, 5.74) is 2.78. The average Bonchev–Trinajstić information content (AvgIpc) is 3.18. The molecule has 5 rings (SSSR count). The van der Waals surface area contributed by atoms with Crippen molar-refractivity contribution in [2.75, 3.05) is 14.2 Å². The van der Waals surface area contributed by atoms with Crippen LogP contribution in [0.3, 0.4) is 0 Å². The number of aliphatic hydroxyl groups excluding tert-OH is 1. The zero-order valence-electron chi connectivity index (χ0n) is 16.9. The smallest absolute Gasteiger partial charge is 0.235 e. The van der Waals surface area contributed by atoms with Gasteiger partial charge in [0.1, 0.15) is 23.4 Å². The lowest BCUT2D eigenvalue weighted by molar-refractivity contribution is -0.112. The molecule has 3 aliphatic rings. The predicted octanol–water partition coefficient (Wildman–Crippen LogP) is 3.02. The molecule has 0 bridgehead atoms. The van der Waals surface area contributed by atoms with Crippen LogP contribution in [0.4, 0.5) is 0 Å². The van der Waals surface area contributed by atoms with Gasteiger partial charge < -0.3 is 28.8 Å². The predicted molar refractivity (Wildman–Crippen MR) is 107 cm³/mol. The van der Waals surface area contributed by atoms with Gasteiger partial charge in [0, 0.05) is 23.6 Å². The highest BCUT2D eigenvalue weighted by molar-refractivity contribution is 6.06. The molecule has 7 heteroatoms. The SMILES string of the molecule is C=C(C)C1Cc2c(ccc3c2OC2C(O)Oc4cc(OC)c(OC)cc4C2C3=O)O1. The number of benzene rings is 2. The minimum absolute atomic E-state index is 0.140. The fourth-order valence-electron chi connectivity index (χ4n) is 4.38.